The van der Waals surface area contributed by atoms with E-state index in [1.54, 1.807) is 7.11 Å². The summed E-state index contributed by atoms with van der Waals surface area (Å²) in [5, 5.41) is 0. The Balaban J connectivity index is 0.00000168. The van der Waals surface area contributed by atoms with Gasteiger partial charge >= 0.3 is 0 Å². The molecule has 4 fully saturated rings. The third-order valence-electron chi connectivity index (χ3n) is 9.40. The van der Waals surface area contributed by atoms with Gasteiger partial charge in [0.05, 0.1) is 12.5 Å². The summed E-state index contributed by atoms with van der Waals surface area (Å²) in [4.78, 5) is 21.0. The van der Waals surface area contributed by atoms with E-state index in [0.717, 1.165) is 50.6 Å². The third-order valence-corrected chi connectivity index (χ3v) is 9.40. The normalized spacial score (nSPS) is 25.3. The van der Waals surface area contributed by atoms with Gasteiger partial charge < -0.3 is 19.4 Å². The summed E-state index contributed by atoms with van der Waals surface area (Å²) in [6.07, 6.45) is 5.89. The van der Waals surface area contributed by atoms with E-state index in [0.29, 0.717) is 24.3 Å². The van der Waals surface area contributed by atoms with Crippen LogP contribution in [0.1, 0.15) is 49.1 Å². The van der Waals surface area contributed by atoms with E-state index < -0.39 is 0 Å². The van der Waals surface area contributed by atoms with E-state index in [9.17, 15) is 4.79 Å². The van der Waals surface area contributed by atoms with Crippen molar-refractivity contribution in [2.24, 2.45) is 17.3 Å². The Hall–Kier alpha value is -1.79. The molecule has 0 aromatic heterocycles. The maximum absolute atomic E-state index is 13.5. The number of nitrogens with zero attached hydrogens (tertiary/aromatic N) is 3. The van der Waals surface area contributed by atoms with Gasteiger partial charge in [-0.3, -0.25) is 4.79 Å². The van der Waals surface area contributed by atoms with Gasteiger partial charge in [-0.05, 0) is 80.3 Å². The lowest BCUT2D eigenvalue weighted by Crippen LogP contribution is -2.46. The van der Waals surface area contributed by atoms with Crippen LogP contribution in [0.15, 0.2) is 54.6 Å². The Morgan fingerprint density at radius 2 is 1.53 bits per heavy atom. The Morgan fingerprint density at radius 1 is 0.842 bits per heavy atom. The molecule has 1 unspecified atom stereocenters. The highest BCUT2D eigenvalue weighted by atomic mass is 35.5. The van der Waals surface area contributed by atoms with E-state index in [4.69, 9.17) is 4.74 Å². The summed E-state index contributed by atoms with van der Waals surface area (Å²) in [5.74, 6) is 3.52. The van der Waals surface area contributed by atoms with Crippen LogP contribution in [0.5, 0.6) is 5.75 Å². The Morgan fingerprint density at radius 3 is 2.18 bits per heavy atom. The van der Waals surface area contributed by atoms with Crippen molar-refractivity contribution in [2.75, 3.05) is 52.9 Å². The average Bonchev–Trinajstić information content (AvgIpc) is 3.58. The van der Waals surface area contributed by atoms with Crippen LogP contribution in [0, 0.1) is 17.3 Å². The first kappa shape index (κ1) is 29.2. The van der Waals surface area contributed by atoms with Crippen LogP contribution < -0.4 is 4.74 Å². The van der Waals surface area contributed by atoms with Crippen molar-refractivity contribution in [3.05, 3.63) is 65.7 Å². The minimum absolute atomic E-state index is 0. The van der Waals surface area contributed by atoms with Gasteiger partial charge in [0.25, 0.3) is 0 Å². The number of rotatable bonds is 8. The number of likely N-dealkylation sites (tertiary alicyclic amines) is 3. The van der Waals surface area contributed by atoms with Gasteiger partial charge in [0.1, 0.15) is 5.75 Å². The molecule has 3 heterocycles. The van der Waals surface area contributed by atoms with E-state index >= 15 is 0 Å². The van der Waals surface area contributed by atoms with Crippen LogP contribution in [-0.2, 0) is 11.3 Å². The Bertz CT molecular complexity index is 1040. The average molecular weight is 561 g/mol. The first-order valence-corrected chi connectivity index (χ1v) is 14.0. The standard InChI is InChI=1S/C31H41N3O2.2ClH/c1-36-28-11-9-25(10-12-28)20-34-18-15-31(30(34)35)13-16-32(17-14-31)21-27-22-33(19-24-7-8-24)23-29(27)26-5-3-2-4-6-26;;/h2-6,9-12,24,27,29H,7-8,13-23H2,1H3;2*1H/t27-,29?;;/m0../s1. The summed E-state index contributed by atoms with van der Waals surface area (Å²) in [6, 6.07) is 19.3. The fourth-order valence-corrected chi connectivity index (χ4v) is 6.99. The molecule has 2 aromatic carbocycles. The first-order chi connectivity index (χ1) is 17.6. The molecule has 1 aliphatic carbocycles. The van der Waals surface area contributed by atoms with Crippen LogP contribution in [0.4, 0.5) is 0 Å². The predicted molar refractivity (Wildman–Crippen MR) is 157 cm³/mol. The molecular formula is C31H43Cl2N3O2. The van der Waals surface area contributed by atoms with Crippen molar-refractivity contribution in [3.63, 3.8) is 0 Å². The van der Waals surface area contributed by atoms with Gasteiger partial charge in [-0.1, -0.05) is 42.5 Å². The molecule has 1 amide bonds. The minimum Gasteiger partial charge on any atom is -0.497 e. The minimum atomic E-state index is -0.129. The van der Waals surface area contributed by atoms with Gasteiger partial charge in [0.2, 0.25) is 5.91 Å². The molecule has 3 saturated heterocycles. The molecule has 38 heavy (non-hydrogen) atoms. The number of benzene rings is 2. The van der Waals surface area contributed by atoms with Crippen LogP contribution in [0.25, 0.3) is 0 Å². The second kappa shape index (κ2) is 12.6. The molecule has 1 spiro atoms. The number of carbonyl (C=O) groups is 1. The summed E-state index contributed by atoms with van der Waals surface area (Å²) >= 11 is 0. The van der Waals surface area contributed by atoms with Crippen molar-refractivity contribution < 1.29 is 9.53 Å². The van der Waals surface area contributed by atoms with Crippen molar-refractivity contribution in [1.29, 1.82) is 0 Å². The second-order valence-corrected chi connectivity index (χ2v) is 11.8. The number of amides is 1. The molecule has 2 atom stereocenters. The molecule has 4 aliphatic rings. The summed E-state index contributed by atoms with van der Waals surface area (Å²) in [5.41, 5.74) is 2.56. The number of piperidine rings is 1. The molecule has 0 radical (unpaired) electrons. The summed E-state index contributed by atoms with van der Waals surface area (Å²) in [6.45, 7) is 8.62. The largest absolute Gasteiger partial charge is 0.497 e. The SMILES string of the molecule is COc1ccc(CN2CCC3(CCN(C[C@H]4CN(CC5CC5)CC4c4ccccc4)CC3)C2=O)cc1.Cl.Cl. The molecule has 5 nitrogen and oxygen atoms in total. The van der Waals surface area contributed by atoms with E-state index in [2.05, 4.69) is 57.2 Å². The van der Waals surface area contributed by atoms with E-state index in [-0.39, 0.29) is 30.2 Å². The number of methoxy groups -OCH3 is 1. The first-order valence-electron chi connectivity index (χ1n) is 14.0. The number of halogens is 2. The second-order valence-electron chi connectivity index (χ2n) is 11.8. The lowest BCUT2D eigenvalue weighted by Gasteiger charge is -2.39. The molecular weight excluding hydrogens is 517 g/mol. The summed E-state index contributed by atoms with van der Waals surface area (Å²) in [7, 11) is 1.69. The highest BCUT2D eigenvalue weighted by Crippen LogP contribution is 2.43. The topological polar surface area (TPSA) is 36.0 Å². The highest BCUT2D eigenvalue weighted by Gasteiger charge is 2.48. The van der Waals surface area contributed by atoms with E-state index in [1.807, 2.05) is 12.1 Å². The fraction of sp³-hybridized carbons (Fsp3) is 0.581. The summed E-state index contributed by atoms with van der Waals surface area (Å²) < 4.78 is 5.28. The monoisotopic (exact) mass is 559 g/mol. The number of carbonyl (C=O) groups excluding carboxylic acids is 1. The molecule has 208 valence electrons. The third kappa shape index (κ3) is 6.33. The van der Waals surface area contributed by atoms with Gasteiger partial charge in [-0.2, -0.15) is 0 Å². The molecule has 0 N–H and O–H groups in total. The maximum Gasteiger partial charge on any atom is 0.229 e. The van der Waals surface area contributed by atoms with Crippen molar-refractivity contribution in [1.82, 2.24) is 14.7 Å². The maximum atomic E-state index is 13.5. The van der Waals surface area contributed by atoms with Crippen LogP contribution >= 0.6 is 24.8 Å². The van der Waals surface area contributed by atoms with Gasteiger partial charge in [-0.15, -0.1) is 24.8 Å². The quantitative estimate of drug-likeness (QED) is 0.429. The zero-order valence-corrected chi connectivity index (χ0v) is 24.2. The molecule has 1 saturated carbocycles. The fourth-order valence-electron chi connectivity index (χ4n) is 6.99. The number of hydrogen-bond donors (Lipinski definition) is 0. The van der Waals surface area contributed by atoms with Crippen LogP contribution in [0.3, 0.4) is 0 Å². The molecule has 3 aliphatic heterocycles. The van der Waals surface area contributed by atoms with Crippen LogP contribution in [0.2, 0.25) is 0 Å². The van der Waals surface area contributed by atoms with Crippen molar-refractivity contribution in [2.45, 2.75) is 44.6 Å². The van der Waals surface area contributed by atoms with Crippen molar-refractivity contribution >= 4 is 30.7 Å². The Kier molecular flexibility index (Phi) is 9.67. The van der Waals surface area contributed by atoms with Gasteiger partial charge in [0.15, 0.2) is 0 Å². The molecule has 0 bridgehead atoms. The number of hydrogen-bond acceptors (Lipinski definition) is 4. The zero-order valence-electron chi connectivity index (χ0n) is 22.6. The number of ether oxygens (including phenoxy) is 1. The molecule has 2 aromatic rings. The molecule has 7 heteroatoms. The lowest BCUT2D eigenvalue weighted by atomic mass is 9.76. The smallest absolute Gasteiger partial charge is 0.229 e. The van der Waals surface area contributed by atoms with Gasteiger partial charge in [0, 0.05) is 45.2 Å². The predicted octanol–water partition coefficient (Wildman–Crippen LogP) is 5.48. The lowest BCUT2D eigenvalue weighted by molar-refractivity contribution is -0.139. The zero-order chi connectivity index (χ0) is 24.5. The highest BCUT2D eigenvalue weighted by molar-refractivity contribution is 5.86. The van der Waals surface area contributed by atoms with Crippen LogP contribution in [-0.4, -0.2) is 73.5 Å². The van der Waals surface area contributed by atoms with Crippen molar-refractivity contribution in [3.8, 4) is 5.75 Å². The van der Waals surface area contributed by atoms with Gasteiger partial charge in [-0.25, -0.2) is 0 Å². The Labute approximate surface area is 240 Å². The molecule has 6 rings (SSSR count). The van der Waals surface area contributed by atoms with E-state index in [1.165, 1.54) is 50.1 Å².